The number of Topliss-reactive ketones (excluding diaryl/α,β-unsaturated/α-hetero) is 1. The van der Waals surface area contributed by atoms with Crippen LogP contribution in [-0.4, -0.2) is 29.4 Å². The number of nitrogens with one attached hydrogen (secondary N) is 1. The molecule has 0 spiro atoms. The maximum atomic E-state index is 12.9. The number of rotatable bonds is 13. The fourth-order valence-electron chi connectivity index (χ4n) is 3.44. The van der Waals surface area contributed by atoms with E-state index in [-0.39, 0.29) is 5.78 Å². The van der Waals surface area contributed by atoms with E-state index >= 15 is 0 Å². The second-order valence-corrected chi connectivity index (χ2v) is 7.36. The van der Waals surface area contributed by atoms with Crippen LogP contribution in [0.5, 0.6) is 0 Å². The van der Waals surface area contributed by atoms with Crippen molar-refractivity contribution in [1.29, 1.82) is 0 Å². The maximum Gasteiger partial charge on any atom is 0.314 e. The molecule has 0 fully saturated rings. The topological polar surface area (TPSA) is 92.4 Å². The Balaban J connectivity index is 2.00. The molecule has 0 heterocycles. The van der Waals surface area contributed by atoms with Crippen LogP contribution >= 0.6 is 0 Å². The smallest absolute Gasteiger partial charge is 0.314 e. The number of unbranched alkanes of at least 4 members (excludes halogenated alkanes) is 1. The monoisotopic (exact) mass is 396 g/mol. The lowest BCUT2D eigenvalue weighted by molar-refractivity contribution is -0.147. The molecule has 0 amide bonds. The Morgan fingerprint density at radius 1 is 0.966 bits per heavy atom. The molecular formula is C24H32N2O3. The van der Waals surface area contributed by atoms with Gasteiger partial charge in [0, 0.05) is 6.54 Å². The third-order valence-corrected chi connectivity index (χ3v) is 5.12. The molecule has 0 aliphatic heterocycles. The lowest BCUT2D eigenvalue weighted by Gasteiger charge is -2.21. The Morgan fingerprint density at radius 3 is 2.21 bits per heavy atom. The van der Waals surface area contributed by atoms with Crippen molar-refractivity contribution in [2.24, 2.45) is 11.7 Å². The molecular weight excluding hydrogens is 364 g/mol. The van der Waals surface area contributed by atoms with Gasteiger partial charge in [-0.1, -0.05) is 74.4 Å². The summed E-state index contributed by atoms with van der Waals surface area (Å²) in [5, 5.41) is 12.8. The molecule has 0 aliphatic rings. The van der Waals surface area contributed by atoms with Crippen LogP contribution in [0.4, 0.5) is 0 Å². The van der Waals surface area contributed by atoms with Gasteiger partial charge in [-0.05, 0) is 42.5 Å². The fraction of sp³-hybridized carbons (Fsp3) is 0.417. The minimum absolute atomic E-state index is 0.225. The largest absolute Gasteiger partial charge is 0.481 e. The van der Waals surface area contributed by atoms with E-state index in [1.807, 2.05) is 37.3 Å². The third-order valence-electron chi connectivity index (χ3n) is 5.12. The van der Waals surface area contributed by atoms with Crippen LogP contribution < -0.4 is 11.1 Å². The van der Waals surface area contributed by atoms with Crippen LogP contribution in [0.3, 0.4) is 0 Å². The van der Waals surface area contributed by atoms with Crippen molar-refractivity contribution >= 4 is 11.8 Å². The molecule has 0 aromatic heterocycles. The molecule has 2 aromatic carbocycles. The van der Waals surface area contributed by atoms with Gasteiger partial charge >= 0.3 is 5.97 Å². The van der Waals surface area contributed by atoms with Crippen LogP contribution in [0, 0.1) is 5.92 Å². The van der Waals surface area contributed by atoms with Crippen molar-refractivity contribution in [3.8, 4) is 11.1 Å². The van der Waals surface area contributed by atoms with Crippen molar-refractivity contribution in [1.82, 2.24) is 5.32 Å². The van der Waals surface area contributed by atoms with Gasteiger partial charge in [0.15, 0.2) is 5.78 Å². The molecule has 5 heteroatoms. The quantitative estimate of drug-likeness (QED) is 0.351. The van der Waals surface area contributed by atoms with Crippen molar-refractivity contribution in [2.45, 2.75) is 51.6 Å². The highest BCUT2D eigenvalue weighted by atomic mass is 16.4. The Bertz CT molecular complexity index is 759. The molecule has 2 unspecified atom stereocenters. The second kappa shape index (κ2) is 12.1. The summed E-state index contributed by atoms with van der Waals surface area (Å²) in [5.41, 5.74) is 8.85. The zero-order chi connectivity index (χ0) is 21.1. The molecule has 0 bridgehead atoms. The molecule has 2 atom stereocenters. The first-order chi connectivity index (χ1) is 14.1. The van der Waals surface area contributed by atoms with Crippen molar-refractivity contribution in [3.05, 3.63) is 60.2 Å². The summed E-state index contributed by atoms with van der Waals surface area (Å²) in [7, 11) is 0. The lowest BCUT2D eigenvalue weighted by Crippen LogP contribution is -2.42. The summed E-state index contributed by atoms with van der Waals surface area (Å²) in [6.45, 7) is 3.04. The highest BCUT2D eigenvalue weighted by Crippen LogP contribution is 2.20. The first kappa shape index (κ1) is 22.8. The summed E-state index contributed by atoms with van der Waals surface area (Å²) >= 11 is 0. The Morgan fingerprint density at radius 2 is 1.62 bits per heavy atom. The van der Waals surface area contributed by atoms with E-state index in [4.69, 9.17) is 5.73 Å². The number of carbonyl (C=O) groups is 2. The van der Waals surface area contributed by atoms with E-state index in [1.165, 1.54) is 0 Å². The second-order valence-electron chi connectivity index (χ2n) is 7.36. The van der Waals surface area contributed by atoms with E-state index in [1.54, 1.807) is 0 Å². The summed E-state index contributed by atoms with van der Waals surface area (Å²) in [5.74, 6) is -2.23. The van der Waals surface area contributed by atoms with Crippen LogP contribution in [0.25, 0.3) is 11.1 Å². The minimum Gasteiger partial charge on any atom is -0.481 e. The molecule has 5 nitrogen and oxygen atoms in total. The van der Waals surface area contributed by atoms with E-state index in [9.17, 15) is 14.7 Å². The van der Waals surface area contributed by atoms with Gasteiger partial charge in [0.2, 0.25) is 0 Å². The number of nitrogens with two attached hydrogens (primary N) is 1. The van der Waals surface area contributed by atoms with Gasteiger partial charge in [0.1, 0.15) is 5.92 Å². The molecule has 0 aliphatic carbocycles. The lowest BCUT2D eigenvalue weighted by atomic mass is 9.90. The summed E-state index contributed by atoms with van der Waals surface area (Å²) in [6.07, 6.45) is 3.17. The maximum absolute atomic E-state index is 12.9. The van der Waals surface area contributed by atoms with Gasteiger partial charge in [-0.3, -0.25) is 9.59 Å². The standard InChI is InChI=1S/C24H32N2O3/c1-2-8-22(23(27)21(24(28)29)11-6-7-16-25)26-17-18-12-14-20(15-13-18)19-9-4-3-5-10-19/h3-5,9-10,12-15,21-22,26H,2,6-8,11,16-17,25H2,1H3,(H,28,29). The summed E-state index contributed by atoms with van der Waals surface area (Å²) in [4.78, 5) is 24.5. The number of hydrogen-bond acceptors (Lipinski definition) is 4. The van der Waals surface area contributed by atoms with E-state index in [0.717, 1.165) is 29.5 Å². The molecule has 29 heavy (non-hydrogen) atoms. The van der Waals surface area contributed by atoms with Gasteiger partial charge in [0.25, 0.3) is 0 Å². The summed E-state index contributed by atoms with van der Waals surface area (Å²) in [6, 6.07) is 17.9. The van der Waals surface area contributed by atoms with Gasteiger partial charge in [0.05, 0.1) is 6.04 Å². The van der Waals surface area contributed by atoms with E-state index < -0.39 is 17.9 Å². The molecule has 2 aromatic rings. The highest BCUT2D eigenvalue weighted by Gasteiger charge is 2.31. The van der Waals surface area contributed by atoms with Crippen molar-refractivity contribution in [2.75, 3.05) is 6.54 Å². The summed E-state index contributed by atoms with van der Waals surface area (Å²) < 4.78 is 0. The average Bonchev–Trinajstić information content (AvgIpc) is 2.74. The normalized spacial score (nSPS) is 13.0. The number of hydrogen-bond donors (Lipinski definition) is 3. The van der Waals surface area contributed by atoms with E-state index in [2.05, 4.69) is 29.6 Å². The van der Waals surface area contributed by atoms with Gasteiger partial charge in [-0.25, -0.2) is 0 Å². The van der Waals surface area contributed by atoms with Crippen LogP contribution in [0.1, 0.15) is 44.6 Å². The first-order valence-electron chi connectivity index (χ1n) is 10.4. The average molecular weight is 397 g/mol. The zero-order valence-corrected chi connectivity index (χ0v) is 17.1. The molecule has 156 valence electrons. The van der Waals surface area contributed by atoms with Crippen LogP contribution in [0.2, 0.25) is 0 Å². The SMILES string of the molecule is CCCC(NCc1ccc(-c2ccccc2)cc1)C(=O)C(CCCCN)C(=O)O. The Kier molecular flexibility index (Phi) is 9.54. The fourth-order valence-corrected chi connectivity index (χ4v) is 3.44. The van der Waals surface area contributed by atoms with Gasteiger partial charge in [-0.15, -0.1) is 0 Å². The predicted molar refractivity (Wildman–Crippen MR) is 116 cm³/mol. The number of carboxylic acids is 1. The Hall–Kier alpha value is -2.50. The number of ketones is 1. The number of aliphatic carboxylic acids is 1. The molecule has 0 saturated heterocycles. The van der Waals surface area contributed by atoms with Crippen molar-refractivity contribution in [3.63, 3.8) is 0 Å². The number of carboxylic acid groups (broad SMARTS) is 1. The third kappa shape index (κ3) is 7.11. The number of carbonyl (C=O) groups excluding carboxylic acids is 1. The zero-order valence-electron chi connectivity index (χ0n) is 17.1. The molecule has 4 N–H and O–H groups in total. The van der Waals surface area contributed by atoms with Crippen molar-refractivity contribution < 1.29 is 14.7 Å². The van der Waals surface area contributed by atoms with Gasteiger partial charge < -0.3 is 16.2 Å². The Labute approximate surface area is 173 Å². The van der Waals surface area contributed by atoms with E-state index in [0.29, 0.717) is 32.4 Å². The van der Waals surface area contributed by atoms with Gasteiger partial charge in [-0.2, -0.15) is 0 Å². The minimum atomic E-state index is -1.04. The molecule has 0 radical (unpaired) electrons. The predicted octanol–water partition coefficient (Wildman–Crippen LogP) is 4.01. The highest BCUT2D eigenvalue weighted by molar-refractivity contribution is 6.01. The first-order valence-corrected chi connectivity index (χ1v) is 10.4. The van der Waals surface area contributed by atoms with Crippen LogP contribution in [0.15, 0.2) is 54.6 Å². The van der Waals surface area contributed by atoms with Crippen LogP contribution in [-0.2, 0) is 16.1 Å². The molecule has 2 rings (SSSR count). The number of benzene rings is 2. The molecule has 0 saturated carbocycles.